The first-order valence-corrected chi connectivity index (χ1v) is 4.12. The predicted octanol–water partition coefficient (Wildman–Crippen LogP) is 3.04. The van der Waals surface area contributed by atoms with Crippen LogP contribution in [-0.2, 0) is 0 Å². The van der Waals surface area contributed by atoms with Crippen LogP contribution in [0.4, 0.5) is 5.69 Å². The third-order valence-electron chi connectivity index (χ3n) is 1.33. The van der Waals surface area contributed by atoms with Gasteiger partial charge in [-0.05, 0) is 12.1 Å². The highest BCUT2D eigenvalue weighted by Gasteiger charge is 2.01. The molecule has 1 aromatic rings. The van der Waals surface area contributed by atoms with Gasteiger partial charge in [0.05, 0.1) is 22.3 Å². The first-order valence-electron chi connectivity index (χ1n) is 3.37. The topological polar surface area (TPSA) is 12.0 Å². The van der Waals surface area contributed by atoms with Gasteiger partial charge in [0, 0.05) is 0 Å². The van der Waals surface area contributed by atoms with Gasteiger partial charge in [0.1, 0.15) is 0 Å². The summed E-state index contributed by atoms with van der Waals surface area (Å²) in [5, 5.41) is 3.99. The minimum absolute atomic E-state index is 0.445. The number of hydrogen-bond acceptors (Lipinski definition) is 1. The molecule has 0 radical (unpaired) electrons. The van der Waals surface area contributed by atoms with Gasteiger partial charge in [-0.3, -0.25) is 0 Å². The normalized spacial score (nSPS) is 9.08. The number of terminal acetylenes is 1. The molecule has 1 rings (SSSR count). The van der Waals surface area contributed by atoms with Gasteiger partial charge in [-0.15, -0.1) is 6.42 Å². The first-order chi connectivity index (χ1) is 5.75. The maximum Gasteiger partial charge on any atom is 0.0823 e. The lowest BCUT2D eigenvalue weighted by atomic mass is 10.3. The highest BCUT2D eigenvalue weighted by Crippen LogP contribution is 2.29. The summed E-state index contributed by atoms with van der Waals surface area (Å²) < 4.78 is 0. The Kier molecular flexibility index (Phi) is 3.28. The molecule has 0 bridgehead atoms. The van der Waals surface area contributed by atoms with Crippen molar-refractivity contribution >= 4 is 28.9 Å². The number of benzene rings is 1. The highest BCUT2D eigenvalue weighted by molar-refractivity contribution is 6.43. The van der Waals surface area contributed by atoms with Gasteiger partial charge in [-0.25, -0.2) is 0 Å². The van der Waals surface area contributed by atoms with Crippen molar-refractivity contribution in [1.29, 1.82) is 0 Å². The number of rotatable bonds is 2. The van der Waals surface area contributed by atoms with E-state index in [1.165, 1.54) is 0 Å². The molecule has 1 aromatic carbocycles. The van der Waals surface area contributed by atoms with Crippen LogP contribution in [0.5, 0.6) is 0 Å². The minimum atomic E-state index is 0.445. The average Bonchev–Trinajstić information content (AvgIpc) is 2.08. The fraction of sp³-hybridized carbons (Fsp3) is 0.111. The molecule has 0 unspecified atom stereocenters. The van der Waals surface area contributed by atoms with Crippen molar-refractivity contribution in [1.82, 2.24) is 0 Å². The molecule has 0 aliphatic heterocycles. The summed E-state index contributed by atoms with van der Waals surface area (Å²) in [5.41, 5.74) is 0.766. The summed E-state index contributed by atoms with van der Waals surface area (Å²) in [6.45, 7) is 0.445. The summed E-state index contributed by atoms with van der Waals surface area (Å²) in [6, 6.07) is 5.36. The molecule has 0 spiro atoms. The molecule has 0 aliphatic carbocycles. The zero-order valence-corrected chi connectivity index (χ0v) is 7.78. The van der Waals surface area contributed by atoms with Crippen LogP contribution in [0, 0.1) is 12.3 Å². The van der Waals surface area contributed by atoms with Crippen molar-refractivity contribution in [2.45, 2.75) is 0 Å². The molecular weight excluding hydrogens is 193 g/mol. The van der Waals surface area contributed by atoms with E-state index in [4.69, 9.17) is 29.6 Å². The summed E-state index contributed by atoms with van der Waals surface area (Å²) >= 11 is 11.6. The lowest BCUT2D eigenvalue weighted by Gasteiger charge is -2.05. The van der Waals surface area contributed by atoms with Crippen molar-refractivity contribution in [2.75, 3.05) is 11.9 Å². The van der Waals surface area contributed by atoms with Crippen molar-refractivity contribution in [3.8, 4) is 12.3 Å². The fourth-order valence-electron chi connectivity index (χ4n) is 0.787. The van der Waals surface area contributed by atoms with Gasteiger partial charge in [-0.2, -0.15) is 0 Å². The van der Waals surface area contributed by atoms with Crippen molar-refractivity contribution in [3.63, 3.8) is 0 Å². The molecule has 0 fully saturated rings. The monoisotopic (exact) mass is 199 g/mol. The Hall–Kier alpha value is -0.840. The van der Waals surface area contributed by atoms with Crippen LogP contribution in [0.3, 0.4) is 0 Å². The summed E-state index contributed by atoms with van der Waals surface area (Å²) in [4.78, 5) is 0. The van der Waals surface area contributed by atoms with Gasteiger partial charge in [0.2, 0.25) is 0 Å². The third kappa shape index (κ3) is 2.07. The Balaban J connectivity index is 2.86. The molecular formula is C9H7Cl2N. The Bertz CT molecular complexity index is 315. The lowest BCUT2D eigenvalue weighted by molar-refractivity contribution is 1.38. The van der Waals surface area contributed by atoms with Gasteiger partial charge in [-0.1, -0.05) is 35.2 Å². The molecule has 3 heteroatoms. The molecule has 0 amide bonds. The van der Waals surface area contributed by atoms with E-state index in [1.54, 1.807) is 6.07 Å². The fourth-order valence-corrected chi connectivity index (χ4v) is 1.15. The van der Waals surface area contributed by atoms with Crippen LogP contribution in [0.2, 0.25) is 10.0 Å². The van der Waals surface area contributed by atoms with Crippen molar-refractivity contribution < 1.29 is 0 Å². The van der Waals surface area contributed by atoms with Gasteiger partial charge < -0.3 is 5.32 Å². The summed E-state index contributed by atoms with van der Waals surface area (Å²) in [7, 11) is 0. The first kappa shape index (κ1) is 9.25. The highest BCUT2D eigenvalue weighted by atomic mass is 35.5. The van der Waals surface area contributed by atoms with E-state index in [1.807, 2.05) is 12.1 Å². The SMILES string of the molecule is C#CCNc1cccc(Cl)c1Cl. The van der Waals surface area contributed by atoms with E-state index >= 15 is 0 Å². The van der Waals surface area contributed by atoms with Gasteiger partial charge >= 0.3 is 0 Å². The summed E-state index contributed by atoms with van der Waals surface area (Å²) in [5.74, 6) is 2.45. The quantitative estimate of drug-likeness (QED) is 0.723. The Morgan fingerprint density at radius 2 is 2.17 bits per heavy atom. The van der Waals surface area contributed by atoms with Crippen molar-refractivity contribution in [2.24, 2.45) is 0 Å². The van der Waals surface area contributed by atoms with E-state index in [0.29, 0.717) is 16.6 Å². The Morgan fingerprint density at radius 1 is 1.42 bits per heavy atom. The molecule has 12 heavy (non-hydrogen) atoms. The van der Waals surface area contributed by atoms with Crippen LogP contribution in [-0.4, -0.2) is 6.54 Å². The Labute approximate surface area is 81.7 Å². The van der Waals surface area contributed by atoms with E-state index in [-0.39, 0.29) is 0 Å². The number of halogens is 2. The van der Waals surface area contributed by atoms with Crippen LogP contribution >= 0.6 is 23.2 Å². The van der Waals surface area contributed by atoms with E-state index < -0.39 is 0 Å². The second-order valence-corrected chi connectivity index (χ2v) is 2.94. The van der Waals surface area contributed by atoms with Crippen molar-refractivity contribution in [3.05, 3.63) is 28.2 Å². The maximum atomic E-state index is 5.87. The zero-order chi connectivity index (χ0) is 8.97. The minimum Gasteiger partial charge on any atom is -0.373 e. The lowest BCUT2D eigenvalue weighted by Crippen LogP contribution is -1.98. The van der Waals surface area contributed by atoms with Crippen LogP contribution < -0.4 is 5.32 Å². The number of nitrogens with one attached hydrogen (secondary N) is 1. The number of hydrogen-bond donors (Lipinski definition) is 1. The van der Waals surface area contributed by atoms with Gasteiger partial charge in [0.25, 0.3) is 0 Å². The molecule has 0 atom stereocenters. The molecule has 62 valence electrons. The predicted molar refractivity (Wildman–Crippen MR) is 53.8 cm³/mol. The van der Waals surface area contributed by atoms with Crippen LogP contribution in [0.25, 0.3) is 0 Å². The average molecular weight is 200 g/mol. The molecule has 0 heterocycles. The molecule has 0 saturated carbocycles. The second-order valence-electron chi connectivity index (χ2n) is 2.16. The molecule has 1 N–H and O–H groups in total. The molecule has 0 saturated heterocycles. The van der Waals surface area contributed by atoms with E-state index in [2.05, 4.69) is 11.2 Å². The largest absolute Gasteiger partial charge is 0.373 e. The maximum absolute atomic E-state index is 5.87. The molecule has 0 aliphatic rings. The van der Waals surface area contributed by atoms with Gasteiger partial charge in [0.15, 0.2) is 0 Å². The second kappa shape index (κ2) is 4.25. The van der Waals surface area contributed by atoms with E-state index in [0.717, 1.165) is 5.69 Å². The standard InChI is InChI=1S/C9H7Cl2N/c1-2-6-12-8-5-3-4-7(10)9(8)11/h1,3-5,12H,6H2. The zero-order valence-electron chi connectivity index (χ0n) is 6.27. The number of anilines is 1. The summed E-state index contributed by atoms with van der Waals surface area (Å²) in [6.07, 6.45) is 5.08. The smallest absolute Gasteiger partial charge is 0.0823 e. The third-order valence-corrected chi connectivity index (χ3v) is 2.15. The molecule has 1 nitrogen and oxygen atoms in total. The Morgan fingerprint density at radius 3 is 2.83 bits per heavy atom. The van der Waals surface area contributed by atoms with Crippen LogP contribution in [0.15, 0.2) is 18.2 Å². The van der Waals surface area contributed by atoms with E-state index in [9.17, 15) is 0 Å². The van der Waals surface area contributed by atoms with Crippen LogP contribution in [0.1, 0.15) is 0 Å². The molecule has 0 aromatic heterocycles.